The molecule has 9 heteroatoms. The van der Waals surface area contributed by atoms with Crippen molar-refractivity contribution in [2.45, 2.75) is 44.5 Å². The molecule has 33 heavy (non-hydrogen) atoms. The van der Waals surface area contributed by atoms with Gasteiger partial charge in [0.25, 0.3) is 0 Å². The smallest absolute Gasteiger partial charge is 0.239 e. The maximum atomic E-state index is 13.1. The number of aryl methyl sites for hydroxylation is 3. The molecule has 0 radical (unpaired) electrons. The highest BCUT2D eigenvalue weighted by atomic mass is 35.5. The van der Waals surface area contributed by atoms with Gasteiger partial charge in [-0.25, -0.2) is 4.98 Å². The van der Waals surface area contributed by atoms with E-state index in [0.29, 0.717) is 21.7 Å². The average molecular weight is 496 g/mol. The molecule has 5 rings (SSSR count). The highest BCUT2D eigenvalue weighted by molar-refractivity contribution is 8.00. The van der Waals surface area contributed by atoms with Crippen molar-refractivity contribution in [3.05, 3.63) is 58.1 Å². The maximum absolute atomic E-state index is 13.1. The molecular formula is C24H22ClN5OS2. The first kappa shape index (κ1) is 22.1. The number of nitrogens with one attached hydrogen (secondary N) is 1. The van der Waals surface area contributed by atoms with E-state index >= 15 is 0 Å². The van der Waals surface area contributed by atoms with Crippen molar-refractivity contribution in [1.29, 1.82) is 0 Å². The van der Waals surface area contributed by atoms with Crippen molar-refractivity contribution < 1.29 is 4.79 Å². The molecule has 2 aromatic carbocycles. The Morgan fingerprint density at radius 3 is 2.76 bits per heavy atom. The molecule has 1 N–H and O–H groups in total. The lowest BCUT2D eigenvalue weighted by Gasteiger charge is -2.14. The van der Waals surface area contributed by atoms with E-state index in [4.69, 9.17) is 11.6 Å². The second-order valence-corrected chi connectivity index (χ2v) is 10.8. The summed E-state index contributed by atoms with van der Waals surface area (Å²) in [5, 5.41) is 14.6. The molecule has 1 unspecified atom stereocenters. The van der Waals surface area contributed by atoms with E-state index in [2.05, 4.69) is 57.8 Å². The highest BCUT2D eigenvalue weighted by Crippen LogP contribution is 2.33. The molecule has 0 aliphatic carbocycles. The fourth-order valence-corrected chi connectivity index (χ4v) is 6.19. The number of amides is 1. The van der Waals surface area contributed by atoms with E-state index in [0.717, 1.165) is 32.5 Å². The van der Waals surface area contributed by atoms with Gasteiger partial charge in [-0.05, 0) is 68.7 Å². The third-order valence-electron chi connectivity index (χ3n) is 5.59. The van der Waals surface area contributed by atoms with Crippen LogP contribution in [0.5, 0.6) is 0 Å². The number of carbonyl (C=O) groups excluding carboxylic acids is 1. The Kier molecular flexibility index (Phi) is 5.76. The normalized spacial score (nSPS) is 12.6. The van der Waals surface area contributed by atoms with Crippen molar-refractivity contribution in [3.63, 3.8) is 0 Å². The van der Waals surface area contributed by atoms with Crippen LogP contribution < -0.4 is 5.32 Å². The lowest BCUT2D eigenvalue weighted by molar-refractivity contribution is -0.115. The molecule has 0 saturated heterocycles. The number of pyridine rings is 1. The number of carbonyl (C=O) groups is 1. The number of aromatic nitrogens is 4. The molecule has 3 aromatic heterocycles. The van der Waals surface area contributed by atoms with Gasteiger partial charge in [0.05, 0.1) is 21.0 Å². The fraction of sp³-hybridized carbons (Fsp3) is 0.250. The van der Waals surface area contributed by atoms with Crippen molar-refractivity contribution >= 4 is 72.5 Å². The van der Waals surface area contributed by atoms with Crippen LogP contribution in [0.3, 0.4) is 0 Å². The lowest BCUT2D eigenvalue weighted by atomic mass is 10.0. The number of hydrogen-bond acceptors (Lipinski definition) is 6. The van der Waals surface area contributed by atoms with Gasteiger partial charge in [-0.15, -0.1) is 10.2 Å². The molecule has 1 amide bonds. The minimum Gasteiger partial charge on any atom is -0.301 e. The van der Waals surface area contributed by atoms with Crippen LogP contribution in [-0.2, 0) is 4.79 Å². The van der Waals surface area contributed by atoms with Crippen LogP contribution in [0.25, 0.3) is 26.8 Å². The number of thioether (sulfide) groups is 1. The Bertz CT molecular complexity index is 1540. The lowest BCUT2D eigenvalue weighted by Crippen LogP contribution is -2.24. The summed E-state index contributed by atoms with van der Waals surface area (Å²) in [7, 11) is 0. The Morgan fingerprint density at radius 2 is 1.97 bits per heavy atom. The third kappa shape index (κ3) is 4.07. The van der Waals surface area contributed by atoms with Gasteiger partial charge in [0.1, 0.15) is 0 Å². The van der Waals surface area contributed by atoms with Gasteiger partial charge in [-0.1, -0.05) is 53.3 Å². The molecule has 0 fully saturated rings. The molecule has 1 atom stereocenters. The van der Waals surface area contributed by atoms with E-state index in [1.54, 1.807) is 6.07 Å². The van der Waals surface area contributed by atoms with Gasteiger partial charge in [-0.2, -0.15) is 0 Å². The Hall–Kier alpha value is -2.68. The molecule has 6 nitrogen and oxygen atoms in total. The van der Waals surface area contributed by atoms with Crippen LogP contribution in [0.1, 0.15) is 30.0 Å². The molecule has 0 aliphatic heterocycles. The first-order valence-corrected chi connectivity index (χ1v) is 12.7. The van der Waals surface area contributed by atoms with Crippen molar-refractivity contribution in [3.8, 4) is 0 Å². The van der Waals surface area contributed by atoms with Crippen LogP contribution in [0.4, 0.5) is 5.13 Å². The minimum atomic E-state index is -0.338. The molecule has 0 saturated carbocycles. The maximum Gasteiger partial charge on any atom is 0.239 e. The van der Waals surface area contributed by atoms with Gasteiger partial charge in [-0.3, -0.25) is 9.20 Å². The second kappa shape index (κ2) is 8.59. The average Bonchev–Trinajstić information content (AvgIpc) is 3.34. The van der Waals surface area contributed by atoms with Gasteiger partial charge in [0.2, 0.25) is 5.91 Å². The number of hydrogen-bond donors (Lipinski definition) is 1. The monoisotopic (exact) mass is 495 g/mol. The van der Waals surface area contributed by atoms with Crippen molar-refractivity contribution in [1.82, 2.24) is 19.6 Å². The van der Waals surface area contributed by atoms with E-state index in [-0.39, 0.29) is 11.2 Å². The summed E-state index contributed by atoms with van der Waals surface area (Å²) in [6.07, 6.45) is 0.643. The summed E-state index contributed by atoms with van der Waals surface area (Å²) in [5.41, 5.74) is 6.22. The van der Waals surface area contributed by atoms with Gasteiger partial charge in [0, 0.05) is 10.4 Å². The number of fused-ring (bicyclic) bond motifs is 4. The fourth-order valence-electron chi connectivity index (χ4n) is 4.08. The first-order valence-electron chi connectivity index (χ1n) is 10.6. The van der Waals surface area contributed by atoms with Gasteiger partial charge in [0.15, 0.2) is 15.9 Å². The topological polar surface area (TPSA) is 72.2 Å². The quantitative estimate of drug-likeness (QED) is 0.279. The molecule has 3 heterocycles. The second-order valence-electron chi connectivity index (χ2n) is 8.12. The summed E-state index contributed by atoms with van der Waals surface area (Å²) in [4.78, 5) is 17.6. The molecular weight excluding hydrogens is 474 g/mol. The number of benzene rings is 2. The minimum absolute atomic E-state index is 0.103. The Morgan fingerprint density at radius 1 is 1.15 bits per heavy atom. The Labute approximate surface area is 204 Å². The van der Waals surface area contributed by atoms with Crippen molar-refractivity contribution in [2.75, 3.05) is 5.32 Å². The van der Waals surface area contributed by atoms with Crippen LogP contribution in [0, 0.1) is 20.8 Å². The van der Waals surface area contributed by atoms with E-state index in [9.17, 15) is 4.79 Å². The summed E-state index contributed by atoms with van der Waals surface area (Å²) >= 11 is 8.92. The SMILES string of the molecule is CCC(Sc1nnc2cc(C)c3cc(C)cc(C)c3n12)C(=O)Nc1nc2ccc(Cl)cc2s1. The highest BCUT2D eigenvalue weighted by Gasteiger charge is 2.23. The number of thiazole rings is 1. The van der Waals surface area contributed by atoms with E-state index in [1.165, 1.54) is 34.0 Å². The zero-order chi connectivity index (χ0) is 23.3. The van der Waals surface area contributed by atoms with Gasteiger partial charge < -0.3 is 5.32 Å². The summed E-state index contributed by atoms with van der Waals surface area (Å²) in [6.45, 7) is 8.29. The van der Waals surface area contributed by atoms with Gasteiger partial charge >= 0.3 is 0 Å². The zero-order valence-electron chi connectivity index (χ0n) is 18.6. The van der Waals surface area contributed by atoms with E-state index < -0.39 is 0 Å². The third-order valence-corrected chi connectivity index (χ3v) is 8.06. The predicted molar refractivity (Wildman–Crippen MR) is 138 cm³/mol. The number of anilines is 1. The van der Waals surface area contributed by atoms with Crippen LogP contribution in [-0.4, -0.2) is 30.7 Å². The Balaban J connectivity index is 1.48. The van der Waals surface area contributed by atoms with E-state index in [1.807, 2.05) is 25.1 Å². The van der Waals surface area contributed by atoms with Crippen molar-refractivity contribution in [2.24, 2.45) is 0 Å². The summed E-state index contributed by atoms with van der Waals surface area (Å²) < 4.78 is 3.01. The molecule has 5 aromatic rings. The molecule has 0 aliphatic rings. The zero-order valence-corrected chi connectivity index (χ0v) is 21.0. The first-order chi connectivity index (χ1) is 15.8. The predicted octanol–water partition coefficient (Wildman–Crippen LogP) is 6.58. The molecule has 0 bridgehead atoms. The molecule has 0 spiro atoms. The van der Waals surface area contributed by atoms with Crippen LogP contribution in [0.2, 0.25) is 5.02 Å². The molecule has 168 valence electrons. The largest absolute Gasteiger partial charge is 0.301 e. The standard InChI is InChI=1S/C24H22ClN5OS2/c1-5-18(22(31)27-23-26-17-7-6-15(25)11-19(17)32-23)33-24-29-28-20-10-13(3)16-9-12(2)8-14(4)21(16)30(20)24/h6-11,18H,5H2,1-4H3,(H,26,27,31). The summed E-state index contributed by atoms with van der Waals surface area (Å²) in [6, 6.07) is 11.9. The van der Waals surface area contributed by atoms with Crippen LogP contribution >= 0.6 is 34.7 Å². The number of halogens is 1. The summed E-state index contributed by atoms with van der Waals surface area (Å²) in [5.74, 6) is -0.103. The number of rotatable bonds is 5. The number of nitrogens with zero attached hydrogens (tertiary/aromatic N) is 4. The van der Waals surface area contributed by atoms with Crippen LogP contribution in [0.15, 0.2) is 41.6 Å².